The van der Waals surface area contributed by atoms with Gasteiger partial charge in [0, 0.05) is 19.7 Å². The summed E-state index contributed by atoms with van der Waals surface area (Å²) >= 11 is 0. The van der Waals surface area contributed by atoms with E-state index in [0.29, 0.717) is 30.5 Å². The molecule has 0 N–H and O–H groups in total. The van der Waals surface area contributed by atoms with E-state index in [0.717, 1.165) is 13.0 Å². The Morgan fingerprint density at radius 1 is 1.33 bits per heavy atom. The van der Waals surface area contributed by atoms with Gasteiger partial charge in [-0.2, -0.15) is 4.31 Å². The minimum Gasteiger partial charge on any atom is -0.381 e. The highest BCUT2D eigenvalue weighted by molar-refractivity contribution is 7.89. The van der Waals surface area contributed by atoms with Crippen LogP contribution in [0.25, 0.3) is 0 Å². The van der Waals surface area contributed by atoms with Crippen molar-refractivity contribution in [2.45, 2.75) is 18.2 Å². The summed E-state index contributed by atoms with van der Waals surface area (Å²) in [5, 5.41) is 0. The first-order valence-corrected chi connectivity index (χ1v) is 7.71. The lowest BCUT2D eigenvalue weighted by Crippen LogP contribution is -2.35. The second kappa shape index (κ2) is 5.82. The van der Waals surface area contributed by atoms with Gasteiger partial charge in [-0.1, -0.05) is 25.1 Å². The number of ether oxygens (including phenoxy) is 1. The van der Waals surface area contributed by atoms with E-state index in [2.05, 4.69) is 0 Å². The maximum Gasteiger partial charge on any atom is 0.243 e. The highest BCUT2D eigenvalue weighted by Crippen LogP contribution is 2.20. The molecule has 0 aliphatic carbocycles. The fourth-order valence-electron chi connectivity index (χ4n) is 2.15. The van der Waals surface area contributed by atoms with Crippen LogP contribution in [0.1, 0.15) is 13.3 Å². The van der Waals surface area contributed by atoms with Crippen LogP contribution in [0.2, 0.25) is 0 Å². The molecule has 4 nitrogen and oxygen atoms in total. The Bertz CT molecular complexity index is 466. The molecule has 18 heavy (non-hydrogen) atoms. The summed E-state index contributed by atoms with van der Waals surface area (Å²) in [6, 6.07) is 8.60. The van der Waals surface area contributed by atoms with Crippen LogP contribution in [0, 0.1) is 5.92 Å². The molecule has 1 aromatic rings. The Labute approximate surface area is 109 Å². The molecule has 1 aromatic carbocycles. The van der Waals surface area contributed by atoms with E-state index < -0.39 is 10.0 Å². The molecular weight excluding hydrogens is 250 g/mol. The molecule has 1 aliphatic heterocycles. The SMILES string of the molecule is CCN(CC1CCOC1)S(=O)(=O)c1ccccc1. The van der Waals surface area contributed by atoms with Gasteiger partial charge in [0.2, 0.25) is 10.0 Å². The highest BCUT2D eigenvalue weighted by atomic mass is 32.2. The van der Waals surface area contributed by atoms with Crippen molar-refractivity contribution in [2.24, 2.45) is 5.92 Å². The van der Waals surface area contributed by atoms with Crippen LogP contribution in [0.15, 0.2) is 35.2 Å². The predicted molar refractivity (Wildman–Crippen MR) is 69.8 cm³/mol. The van der Waals surface area contributed by atoms with Crippen molar-refractivity contribution in [3.63, 3.8) is 0 Å². The lowest BCUT2D eigenvalue weighted by atomic mass is 10.1. The second-order valence-corrected chi connectivity index (χ2v) is 6.44. The Kier molecular flexibility index (Phi) is 4.37. The molecule has 0 bridgehead atoms. The molecule has 100 valence electrons. The quantitative estimate of drug-likeness (QED) is 0.818. The zero-order valence-corrected chi connectivity index (χ0v) is 11.4. The smallest absolute Gasteiger partial charge is 0.243 e. The van der Waals surface area contributed by atoms with Crippen LogP contribution in [0.5, 0.6) is 0 Å². The Morgan fingerprint density at radius 2 is 2.06 bits per heavy atom. The topological polar surface area (TPSA) is 46.6 Å². The first-order valence-electron chi connectivity index (χ1n) is 6.27. The van der Waals surface area contributed by atoms with Gasteiger partial charge in [-0.15, -0.1) is 0 Å². The molecule has 1 saturated heterocycles. The number of hydrogen-bond acceptors (Lipinski definition) is 3. The molecular formula is C13H19NO3S. The van der Waals surface area contributed by atoms with E-state index in [4.69, 9.17) is 4.74 Å². The maximum absolute atomic E-state index is 12.4. The average Bonchev–Trinajstić information content (AvgIpc) is 2.89. The van der Waals surface area contributed by atoms with Crippen LogP contribution in [-0.4, -0.2) is 39.0 Å². The molecule has 0 radical (unpaired) electrons. The number of hydrogen-bond donors (Lipinski definition) is 0. The molecule has 1 fully saturated rings. The van der Waals surface area contributed by atoms with Crippen molar-refractivity contribution in [3.8, 4) is 0 Å². The molecule has 0 amide bonds. The summed E-state index contributed by atoms with van der Waals surface area (Å²) in [6.45, 7) is 4.33. The monoisotopic (exact) mass is 269 g/mol. The molecule has 2 rings (SSSR count). The van der Waals surface area contributed by atoms with Gasteiger partial charge in [0.25, 0.3) is 0 Å². The maximum atomic E-state index is 12.4. The summed E-state index contributed by atoms with van der Waals surface area (Å²) < 4.78 is 31.7. The second-order valence-electron chi connectivity index (χ2n) is 4.50. The number of sulfonamides is 1. The molecule has 1 unspecified atom stereocenters. The molecule has 1 aliphatic rings. The first-order chi connectivity index (χ1) is 8.64. The third-order valence-corrected chi connectivity index (χ3v) is 5.17. The van der Waals surface area contributed by atoms with Crippen LogP contribution in [0.3, 0.4) is 0 Å². The molecule has 5 heteroatoms. The first kappa shape index (κ1) is 13.5. The largest absolute Gasteiger partial charge is 0.381 e. The van der Waals surface area contributed by atoms with Crippen molar-refractivity contribution in [2.75, 3.05) is 26.3 Å². The van der Waals surface area contributed by atoms with E-state index in [1.807, 2.05) is 13.0 Å². The summed E-state index contributed by atoms with van der Waals surface area (Å²) in [5.41, 5.74) is 0. The summed E-state index contributed by atoms with van der Waals surface area (Å²) in [5.74, 6) is 0.323. The van der Waals surface area contributed by atoms with Crippen LogP contribution in [-0.2, 0) is 14.8 Å². The van der Waals surface area contributed by atoms with Crippen molar-refractivity contribution in [1.82, 2.24) is 4.31 Å². The molecule has 1 atom stereocenters. The van der Waals surface area contributed by atoms with Crippen LogP contribution in [0.4, 0.5) is 0 Å². The van der Waals surface area contributed by atoms with Crippen molar-refractivity contribution in [3.05, 3.63) is 30.3 Å². The molecule has 0 aromatic heterocycles. The molecule has 1 heterocycles. The van der Waals surface area contributed by atoms with E-state index >= 15 is 0 Å². The minimum absolute atomic E-state index is 0.323. The zero-order valence-electron chi connectivity index (χ0n) is 10.6. The Balaban J connectivity index is 2.15. The summed E-state index contributed by atoms with van der Waals surface area (Å²) in [6.07, 6.45) is 0.945. The molecule has 0 saturated carbocycles. The van der Waals surface area contributed by atoms with Gasteiger partial charge in [-0.05, 0) is 24.5 Å². The van der Waals surface area contributed by atoms with Gasteiger partial charge in [-0.3, -0.25) is 0 Å². The van der Waals surface area contributed by atoms with Crippen molar-refractivity contribution >= 4 is 10.0 Å². The minimum atomic E-state index is -3.36. The normalized spacial score (nSPS) is 20.4. The fourth-order valence-corrected chi connectivity index (χ4v) is 3.70. The van der Waals surface area contributed by atoms with E-state index in [1.54, 1.807) is 28.6 Å². The molecule has 0 spiro atoms. The predicted octanol–water partition coefficient (Wildman–Crippen LogP) is 1.73. The van der Waals surface area contributed by atoms with Gasteiger partial charge in [0.05, 0.1) is 11.5 Å². The number of benzene rings is 1. The lowest BCUT2D eigenvalue weighted by molar-refractivity contribution is 0.181. The third kappa shape index (κ3) is 2.91. The van der Waals surface area contributed by atoms with Gasteiger partial charge in [0.1, 0.15) is 0 Å². The summed E-state index contributed by atoms with van der Waals surface area (Å²) in [7, 11) is -3.36. The van der Waals surface area contributed by atoms with Gasteiger partial charge >= 0.3 is 0 Å². The standard InChI is InChI=1S/C13H19NO3S/c1-2-14(10-12-8-9-17-11-12)18(15,16)13-6-4-3-5-7-13/h3-7,12H,2,8-11H2,1H3. The Morgan fingerprint density at radius 3 is 2.61 bits per heavy atom. The van der Waals surface area contributed by atoms with Crippen molar-refractivity contribution < 1.29 is 13.2 Å². The van der Waals surface area contributed by atoms with Crippen molar-refractivity contribution in [1.29, 1.82) is 0 Å². The van der Waals surface area contributed by atoms with Crippen LogP contribution >= 0.6 is 0 Å². The van der Waals surface area contributed by atoms with Crippen LogP contribution < -0.4 is 0 Å². The van der Waals surface area contributed by atoms with E-state index in [-0.39, 0.29) is 0 Å². The average molecular weight is 269 g/mol. The lowest BCUT2D eigenvalue weighted by Gasteiger charge is -2.23. The third-order valence-electron chi connectivity index (χ3n) is 3.22. The van der Waals surface area contributed by atoms with Gasteiger partial charge in [-0.25, -0.2) is 8.42 Å². The van der Waals surface area contributed by atoms with E-state index in [9.17, 15) is 8.42 Å². The zero-order chi connectivity index (χ0) is 13.0. The fraction of sp³-hybridized carbons (Fsp3) is 0.538. The van der Waals surface area contributed by atoms with E-state index in [1.165, 1.54) is 0 Å². The highest BCUT2D eigenvalue weighted by Gasteiger charge is 2.27. The van der Waals surface area contributed by atoms with Gasteiger partial charge in [0.15, 0.2) is 0 Å². The van der Waals surface area contributed by atoms with Gasteiger partial charge < -0.3 is 4.74 Å². The Hall–Kier alpha value is -0.910. The number of nitrogens with zero attached hydrogens (tertiary/aromatic N) is 1. The summed E-state index contributed by atoms with van der Waals surface area (Å²) in [4.78, 5) is 0.366. The number of rotatable bonds is 5.